The van der Waals surface area contributed by atoms with Crippen LogP contribution in [0.2, 0.25) is 0 Å². The second kappa shape index (κ2) is 5.70. The summed E-state index contributed by atoms with van der Waals surface area (Å²) in [5.74, 6) is 0.573. The van der Waals surface area contributed by atoms with E-state index in [4.69, 9.17) is 0 Å². The second-order valence-electron chi connectivity index (χ2n) is 5.40. The molecule has 1 heterocycles. The zero-order valence-electron chi connectivity index (χ0n) is 11.5. The number of anilines is 1. The third kappa shape index (κ3) is 2.83. The summed E-state index contributed by atoms with van der Waals surface area (Å²) in [7, 11) is 0. The molecular weight excluding hydrogens is 227 g/mol. The molecule has 1 aromatic carbocycles. The monoisotopic (exact) mass is 250 g/mol. The van der Waals surface area contributed by atoms with Crippen LogP contribution < -0.4 is 10.2 Å². The van der Waals surface area contributed by atoms with Crippen LogP contribution in [0.25, 0.3) is 0 Å². The molecule has 1 saturated heterocycles. The molecule has 2 unspecified atom stereocenters. The lowest BCUT2D eigenvalue weighted by Gasteiger charge is -2.26. The molecule has 1 aromatic rings. The summed E-state index contributed by atoms with van der Waals surface area (Å²) in [5, 5.41) is 3.29. The minimum Gasteiger partial charge on any atom is -0.368 e. The maximum Gasteiger partial charge on any atom is 0.123 e. The van der Waals surface area contributed by atoms with E-state index in [-0.39, 0.29) is 5.82 Å². The molecule has 2 rings (SSSR count). The van der Waals surface area contributed by atoms with Gasteiger partial charge in [0.25, 0.3) is 0 Å². The van der Waals surface area contributed by atoms with Crippen LogP contribution in [0.3, 0.4) is 0 Å². The Hall–Kier alpha value is -1.09. The SMILES string of the molecule is CCNCc1cc(F)ccc1N1CC(C)CC1C. The highest BCUT2D eigenvalue weighted by atomic mass is 19.1. The van der Waals surface area contributed by atoms with Crippen molar-refractivity contribution in [2.45, 2.75) is 39.8 Å². The fourth-order valence-electron chi connectivity index (χ4n) is 2.87. The van der Waals surface area contributed by atoms with E-state index < -0.39 is 0 Å². The van der Waals surface area contributed by atoms with Gasteiger partial charge < -0.3 is 10.2 Å². The molecule has 100 valence electrons. The van der Waals surface area contributed by atoms with Crippen molar-refractivity contribution in [2.75, 3.05) is 18.0 Å². The predicted molar refractivity (Wildman–Crippen MR) is 74.4 cm³/mol. The van der Waals surface area contributed by atoms with E-state index in [2.05, 4.69) is 31.0 Å². The van der Waals surface area contributed by atoms with Crippen molar-refractivity contribution in [3.8, 4) is 0 Å². The van der Waals surface area contributed by atoms with E-state index in [9.17, 15) is 4.39 Å². The standard InChI is InChI=1S/C15H23FN2/c1-4-17-9-13-8-14(16)5-6-15(13)18-10-11(2)7-12(18)3/h5-6,8,11-12,17H,4,7,9-10H2,1-3H3. The van der Waals surface area contributed by atoms with Crippen LogP contribution in [0.1, 0.15) is 32.8 Å². The number of hydrogen-bond donors (Lipinski definition) is 1. The molecule has 1 fully saturated rings. The van der Waals surface area contributed by atoms with Gasteiger partial charge in [0.1, 0.15) is 5.82 Å². The normalized spacial score (nSPS) is 23.7. The lowest BCUT2D eigenvalue weighted by atomic mass is 10.1. The fourth-order valence-corrected chi connectivity index (χ4v) is 2.87. The quantitative estimate of drug-likeness (QED) is 0.883. The smallest absolute Gasteiger partial charge is 0.123 e. The molecule has 0 amide bonds. The molecule has 3 heteroatoms. The number of nitrogens with one attached hydrogen (secondary N) is 1. The van der Waals surface area contributed by atoms with Gasteiger partial charge in [-0.25, -0.2) is 4.39 Å². The lowest BCUT2D eigenvalue weighted by Crippen LogP contribution is -2.28. The summed E-state index contributed by atoms with van der Waals surface area (Å²) in [5.41, 5.74) is 2.26. The predicted octanol–water partition coefficient (Wildman–Crippen LogP) is 3.17. The molecule has 0 aliphatic carbocycles. The molecule has 0 spiro atoms. The molecule has 0 radical (unpaired) electrons. The Balaban J connectivity index is 2.25. The van der Waals surface area contributed by atoms with Gasteiger partial charge in [-0.15, -0.1) is 0 Å². The molecule has 1 aliphatic rings. The topological polar surface area (TPSA) is 15.3 Å². The van der Waals surface area contributed by atoms with E-state index >= 15 is 0 Å². The maximum atomic E-state index is 13.4. The largest absolute Gasteiger partial charge is 0.368 e. The maximum absolute atomic E-state index is 13.4. The van der Waals surface area contributed by atoms with Crippen LogP contribution in [-0.2, 0) is 6.54 Å². The molecule has 2 nitrogen and oxygen atoms in total. The zero-order chi connectivity index (χ0) is 13.1. The minimum atomic E-state index is -0.147. The van der Waals surface area contributed by atoms with E-state index in [0.29, 0.717) is 6.04 Å². The Morgan fingerprint density at radius 3 is 2.78 bits per heavy atom. The van der Waals surface area contributed by atoms with Gasteiger partial charge >= 0.3 is 0 Å². The van der Waals surface area contributed by atoms with Gasteiger partial charge in [-0.2, -0.15) is 0 Å². The molecule has 2 atom stereocenters. The summed E-state index contributed by atoms with van der Waals surface area (Å²) in [6.07, 6.45) is 1.22. The van der Waals surface area contributed by atoms with Gasteiger partial charge in [0.2, 0.25) is 0 Å². The van der Waals surface area contributed by atoms with Crippen LogP contribution in [0.5, 0.6) is 0 Å². The molecule has 1 N–H and O–H groups in total. The van der Waals surface area contributed by atoms with Crippen molar-refractivity contribution >= 4 is 5.69 Å². The van der Waals surface area contributed by atoms with Crippen molar-refractivity contribution in [1.29, 1.82) is 0 Å². The van der Waals surface area contributed by atoms with Gasteiger partial charge in [0.15, 0.2) is 0 Å². The zero-order valence-corrected chi connectivity index (χ0v) is 11.5. The Morgan fingerprint density at radius 1 is 1.39 bits per heavy atom. The summed E-state index contributed by atoms with van der Waals surface area (Å²) in [6, 6.07) is 5.70. The van der Waals surface area contributed by atoms with E-state index in [0.717, 1.165) is 31.1 Å². The summed E-state index contributed by atoms with van der Waals surface area (Å²) >= 11 is 0. The number of hydrogen-bond acceptors (Lipinski definition) is 2. The highest BCUT2D eigenvalue weighted by molar-refractivity contribution is 5.55. The van der Waals surface area contributed by atoms with Gasteiger partial charge in [-0.3, -0.25) is 0 Å². The summed E-state index contributed by atoms with van der Waals surface area (Å²) in [4.78, 5) is 2.41. The van der Waals surface area contributed by atoms with Crippen molar-refractivity contribution in [3.63, 3.8) is 0 Å². The van der Waals surface area contributed by atoms with Crippen molar-refractivity contribution in [3.05, 3.63) is 29.6 Å². The number of halogens is 1. The Labute approximate surface area is 109 Å². The van der Waals surface area contributed by atoms with Crippen LogP contribution in [0, 0.1) is 11.7 Å². The fraction of sp³-hybridized carbons (Fsp3) is 0.600. The average molecular weight is 250 g/mol. The van der Waals surface area contributed by atoms with E-state index in [1.807, 2.05) is 6.07 Å². The first kappa shape index (κ1) is 13.3. The van der Waals surface area contributed by atoms with E-state index in [1.165, 1.54) is 12.1 Å². The van der Waals surface area contributed by atoms with Crippen LogP contribution in [-0.4, -0.2) is 19.1 Å². The summed E-state index contributed by atoms with van der Waals surface area (Å²) < 4.78 is 13.4. The van der Waals surface area contributed by atoms with Crippen LogP contribution >= 0.6 is 0 Å². The number of rotatable bonds is 4. The molecule has 1 aliphatic heterocycles. The van der Waals surface area contributed by atoms with Crippen molar-refractivity contribution in [1.82, 2.24) is 5.32 Å². The van der Waals surface area contributed by atoms with Gasteiger partial charge in [0.05, 0.1) is 0 Å². The Bertz CT molecular complexity index is 405. The number of nitrogens with zero attached hydrogens (tertiary/aromatic N) is 1. The first-order chi connectivity index (χ1) is 8.61. The van der Waals surface area contributed by atoms with Crippen molar-refractivity contribution in [2.24, 2.45) is 5.92 Å². The molecule has 0 bridgehead atoms. The van der Waals surface area contributed by atoms with Crippen LogP contribution in [0.4, 0.5) is 10.1 Å². The number of benzene rings is 1. The van der Waals surface area contributed by atoms with Crippen molar-refractivity contribution < 1.29 is 4.39 Å². The molecule has 0 aromatic heterocycles. The molecule has 0 saturated carbocycles. The molecular formula is C15H23FN2. The Morgan fingerprint density at radius 2 is 2.17 bits per heavy atom. The first-order valence-electron chi connectivity index (χ1n) is 6.87. The highest BCUT2D eigenvalue weighted by Gasteiger charge is 2.27. The molecule has 18 heavy (non-hydrogen) atoms. The van der Waals surface area contributed by atoms with Gasteiger partial charge in [0, 0.05) is 24.8 Å². The Kier molecular flexibility index (Phi) is 4.23. The third-order valence-electron chi connectivity index (χ3n) is 3.70. The van der Waals surface area contributed by atoms with Crippen LogP contribution in [0.15, 0.2) is 18.2 Å². The lowest BCUT2D eigenvalue weighted by molar-refractivity contribution is 0.619. The van der Waals surface area contributed by atoms with Gasteiger partial charge in [-0.1, -0.05) is 13.8 Å². The van der Waals surface area contributed by atoms with Gasteiger partial charge in [-0.05, 0) is 49.6 Å². The second-order valence-corrected chi connectivity index (χ2v) is 5.40. The third-order valence-corrected chi connectivity index (χ3v) is 3.70. The first-order valence-corrected chi connectivity index (χ1v) is 6.87. The highest BCUT2D eigenvalue weighted by Crippen LogP contribution is 2.31. The summed E-state index contributed by atoms with van der Waals surface area (Å²) in [6.45, 7) is 9.32. The average Bonchev–Trinajstić information content (AvgIpc) is 2.66. The minimum absolute atomic E-state index is 0.147. The van der Waals surface area contributed by atoms with E-state index in [1.54, 1.807) is 12.1 Å².